The molecule has 2 rings (SSSR count). The van der Waals surface area contributed by atoms with Crippen molar-refractivity contribution < 1.29 is 9.50 Å². The third-order valence-electron chi connectivity index (χ3n) is 3.38. The number of hydrogen-bond acceptors (Lipinski definition) is 3. The van der Waals surface area contributed by atoms with E-state index in [9.17, 15) is 4.39 Å². The van der Waals surface area contributed by atoms with Crippen molar-refractivity contribution in [3.8, 4) is 5.75 Å². The summed E-state index contributed by atoms with van der Waals surface area (Å²) in [5.74, 6) is -0.368. The van der Waals surface area contributed by atoms with Crippen LogP contribution in [0.4, 0.5) is 4.39 Å². The molecular weight excluding hydrogens is 207 g/mol. The average Bonchev–Trinajstić information content (AvgIpc) is 2.14. The number of phenolic OH excluding ortho intramolecular Hbond substituents is 1. The van der Waals surface area contributed by atoms with Gasteiger partial charge in [0.15, 0.2) is 0 Å². The Morgan fingerprint density at radius 3 is 2.69 bits per heavy atom. The lowest BCUT2D eigenvalue weighted by Gasteiger charge is -2.39. The van der Waals surface area contributed by atoms with Gasteiger partial charge in [-0.2, -0.15) is 0 Å². The fourth-order valence-electron chi connectivity index (χ4n) is 1.95. The topological polar surface area (TPSA) is 35.5 Å². The Bertz CT molecular complexity index is 379. The van der Waals surface area contributed by atoms with Crippen LogP contribution in [0.15, 0.2) is 18.2 Å². The minimum atomic E-state index is -0.341. The molecule has 1 unspecified atom stereocenters. The van der Waals surface area contributed by atoms with E-state index in [1.165, 1.54) is 12.1 Å². The molecule has 0 bridgehead atoms. The minimum absolute atomic E-state index is 0.0210. The quantitative estimate of drug-likeness (QED) is 0.816. The summed E-state index contributed by atoms with van der Waals surface area (Å²) in [4.78, 5) is 2.16. The summed E-state index contributed by atoms with van der Waals surface area (Å²) < 4.78 is 13.6. The van der Waals surface area contributed by atoms with Gasteiger partial charge in [-0.15, -0.1) is 0 Å². The summed E-state index contributed by atoms with van der Waals surface area (Å²) in [5.41, 5.74) is 0.632. The first kappa shape index (κ1) is 11.4. The molecule has 1 saturated heterocycles. The van der Waals surface area contributed by atoms with Crippen LogP contribution in [0.1, 0.15) is 18.5 Å². The highest BCUT2D eigenvalue weighted by Crippen LogP contribution is 2.26. The van der Waals surface area contributed by atoms with Crippen LogP contribution in [0, 0.1) is 5.82 Å². The van der Waals surface area contributed by atoms with Crippen molar-refractivity contribution in [3.05, 3.63) is 29.6 Å². The maximum absolute atomic E-state index is 13.6. The number of nitrogens with zero attached hydrogens (tertiary/aromatic N) is 1. The number of hydrogen-bond donors (Lipinski definition) is 2. The number of phenols is 1. The van der Waals surface area contributed by atoms with Gasteiger partial charge in [0.25, 0.3) is 0 Å². The van der Waals surface area contributed by atoms with Crippen LogP contribution in [0.5, 0.6) is 5.75 Å². The maximum atomic E-state index is 13.6. The molecule has 2 N–H and O–H groups in total. The molecule has 1 fully saturated rings. The van der Waals surface area contributed by atoms with Crippen LogP contribution in [-0.4, -0.2) is 36.2 Å². The minimum Gasteiger partial charge on any atom is -0.508 e. The van der Waals surface area contributed by atoms with Gasteiger partial charge in [-0.25, -0.2) is 4.39 Å². The van der Waals surface area contributed by atoms with Gasteiger partial charge >= 0.3 is 0 Å². The lowest BCUT2D eigenvalue weighted by Crippen LogP contribution is -2.56. The molecule has 3 nitrogen and oxygen atoms in total. The highest BCUT2D eigenvalue weighted by atomic mass is 19.1. The summed E-state index contributed by atoms with van der Waals surface area (Å²) in [7, 11) is 2.00. The van der Waals surface area contributed by atoms with Gasteiger partial charge in [0.1, 0.15) is 11.6 Å². The summed E-state index contributed by atoms with van der Waals surface area (Å²) in [6, 6.07) is 4.84. The van der Waals surface area contributed by atoms with Gasteiger partial charge in [0, 0.05) is 36.8 Å². The zero-order chi connectivity index (χ0) is 11.7. The maximum Gasteiger partial charge on any atom is 0.131 e. The second-order valence-corrected chi connectivity index (χ2v) is 4.36. The molecule has 0 aliphatic carbocycles. The van der Waals surface area contributed by atoms with E-state index in [0.29, 0.717) is 11.6 Å². The van der Waals surface area contributed by atoms with E-state index in [4.69, 9.17) is 5.11 Å². The molecular formula is C12H17FN2O. The number of aromatic hydroxyl groups is 1. The molecule has 1 heterocycles. The molecule has 1 aliphatic rings. The van der Waals surface area contributed by atoms with Gasteiger partial charge in [0.05, 0.1) is 0 Å². The summed E-state index contributed by atoms with van der Waals surface area (Å²) in [5, 5.41) is 12.4. The monoisotopic (exact) mass is 224 g/mol. The van der Waals surface area contributed by atoms with E-state index < -0.39 is 0 Å². The molecule has 1 aromatic rings. The van der Waals surface area contributed by atoms with E-state index in [1.54, 1.807) is 6.07 Å². The van der Waals surface area contributed by atoms with Crippen LogP contribution >= 0.6 is 0 Å². The van der Waals surface area contributed by atoms with Crippen molar-refractivity contribution in [2.75, 3.05) is 20.1 Å². The second kappa shape index (κ2) is 4.39. The Morgan fingerprint density at radius 1 is 1.50 bits per heavy atom. The number of nitrogens with one attached hydrogen (secondary N) is 1. The van der Waals surface area contributed by atoms with E-state index in [2.05, 4.69) is 10.2 Å². The first-order chi connectivity index (χ1) is 7.59. The number of halogens is 1. The molecule has 1 aromatic carbocycles. The third-order valence-corrected chi connectivity index (χ3v) is 3.38. The fourth-order valence-corrected chi connectivity index (χ4v) is 1.95. The average molecular weight is 224 g/mol. The standard InChI is InChI=1S/C12H17FN2O/c1-8(15(2)9-6-14-7-9)11-4-3-10(16)5-12(11)13/h3-5,8-9,14,16H,6-7H2,1-2H3. The summed E-state index contributed by atoms with van der Waals surface area (Å²) >= 11 is 0. The van der Waals surface area contributed by atoms with Gasteiger partial charge in [0.2, 0.25) is 0 Å². The van der Waals surface area contributed by atoms with Crippen LogP contribution in [0.3, 0.4) is 0 Å². The van der Waals surface area contributed by atoms with E-state index in [1.807, 2.05) is 14.0 Å². The Balaban J connectivity index is 2.15. The van der Waals surface area contributed by atoms with E-state index >= 15 is 0 Å². The van der Waals surface area contributed by atoms with Gasteiger partial charge in [-0.05, 0) is 20.0 Å². The molecule has 16 heavy (non-hydrogen) atoms. The summed E-state index contributed by atoms with van der Waals surface area (Å²) in [6.45, 7) is 3.90. The summed E-state index contributed by atoms with van der Waals surface area (Å²) in [6.07, 6.45) is 0. The van der Waals surface area contributed by atoms with Gasteiger partial charge in [-0.3, -0.25) is 4.90 Å². The van der Waals surface area contributed by atoms with E-state index in [-0.39, 0.29) is 17.6 Å². The third kappa shape index (κ3) is 2.03. The van der Waals surface area contributed by atoms with Crippen molar-refractivity contribution in [1.82, 2.24) is 10.2 Å². The molecule has 0 amide bonds. The fraction of sp³-hybridized carbons (Fsp3) is 0.500. The van der Waals surface area contributed by atoms with Gasteiger partial charge in [-0.1, -0.05) is 6.07 Å². The van der Waals surface area contributed by atoms with Crippen molar-refractivity contribution in [2.24, 2.45) is 0 Å². The lowest BCUT2D eigenvalue weighted by atomic mass is 10.0. The molecule has 0 spiro atoms. The molecule has 4 heteroatoms. The highest BCUT2D eigenvalue weighted by Gasteiger charge is 2.26. The Labute approximate surface area is 94.9 Å². The van der Waals surface area contributed by atoms with Crippen molar-refractivity contribution in [3.63, 3.8) is 0 Å². The van der Waals surface area contributed by atoms with Crippen molar-refractivity contribution >= 4 is 0 Å². The smallest absolute Gasteiger partial charge is 0.131 e. The van der Waals surface area contributed by atoms with Crippen molar-refractivity contribution in [1.29, 1.82) is 0 Å². The van der Waals surface area contributed by atoms with Crippen LogP contribution < -0.4 is 5.32 Å². The number of benzene rings is 1. The largest absolute Gasteiger partial charge is 0.508 e. The van der Waals surface area contributed by atoms with Crippen LogP contribution in [-0.2, 0) is 0 Å². The van der Waals surface area contributed by atoms with E-state index in [0.717, 1.165) is 13.1 Å². The lowest BCUT2D eigenvalue weighted by molar-refractivity contribution is 0.134. The molecule has 0 saturated carbocycles. The number of rotatable bonds is 3. The molecule has 88 valence electrons. The Kier molecular flexibility index (Phi) is 3.12. The predicted octanol–water partition coefficient (Wildman–Crippen LogP) is 1.50. The molecule has 1 aliphatic heterocycles. The highest BCUT2D eigenvalue weighted by molar-refractivity contribution is 5.29. The second-order valence-electron chi connectivity index (χ2n) is 4.36. The Hall–Kier alpha value is -1.13. The van der Waals surface area contributed by atoms with Gasteiger partial charge < -0.3 is 10.4 Å². The SMILES string of the molecule is CC(c1ccc(O)cc1F)N(C)C1CNC1. The zero-order valence-electron chi connectivity index (χ0n) is 9.57. The first-order valence-corrected chi connectivity index (χ1v) is 5.50. The zero-order valence-corrected chi connectivity index (χ0v) is 9.57. The Morgan fingerprint density at radius 2 is 2.19 bits per heavy atom. The van der Waals surface area contributed by atoms with Crippen molar-refractivity contribution in [2.45, 2.75) is 19.0 Å². The van der Waals surface area contributed by atoms with Crippen LogP contribution in [0.25, 0.3) is 0 Å². The molecule has 0 radical (unpaired) electrons. The first-order valence-electron chi connectivity index (χ1n) is 5.50. The number of likely N-dealkylation sites (N-methyl/N-ethyl adjacent to an activating group) is 1. The molecule has 0 aromatic heterocycles. The predicted molar refractivity (Wildman–Crippen MR) is 60.9 cm³/mol. The normalized spacial score (nSPS) is 18.5. The van der Waals surface area contributed by atoms with Crippen LogP contribution in [0.2, 0.25) is 0 Å². The molecule has 1 atom stereocenters.